The van der Waals surface area contributed by atoms with Gasteiger partial charge in [0.2, 0.25) is 0 Å². The Hall–Kier alpha value is -2.41. The van der Waals surface area contributed by atoms with Crippen LogP contribution in [0.15, 0.2) is 40.0 Å². The molecule has 25 heavy (non-hydrogen) atoms. The van der Waals surface area contributed by atoms with E-state index in [1.54, 1.807) is 34.7 Å². The van der Waals surface area contributed by atoms with Crippen molar-refractivity contribution in [1.82, 2.24) is 0 Å². The first-order valence-corrected chi connectivity index (χ1v) is 8.20. The fraction of sp³-hybridized carbons (Fsp3) is 0.278. The lowest BCUT2D eigenvalue weighted by atomic mass is 10.2. The molecule has 0 atom stereocenters. The number of nitrogens with zero attached hydrogens (tertiary/aromatic N) is 1. The largest absolute Gasteiger partial charge is 0.493 e. The van der Waals surface area contributed by atoms with E-state index in [0.29, 0.717) is 23.0 Å². The van der Waals surface area contributed by atoms with Gasteiger partial charge in [0.1, 0.15) is 6.61 Å². The van der Waals surface area contributed by atoms with Gasteiger partial charge in [0.25, 0.3) is 0 Å². The Labute approximate surface area is 155 Å². The Bertz CT molecular complexity index is 748. The number of ether oxygens (including phenoxy) is 4. The highest BCUT2D eigenvalue weighted by molar-refractivity contribution is 9.10. The zero-order valence-corrected chi connectivity index (χ0v) is 16.1. The molecule has 0 spiro atoms. The first kappa shape index (κ1) is 18.9. The average Bonchev–Trinajstić information content (AvgIpc) is 2.65. The summed E-state index contributed by atoms with van der Waals surface area (Å²) in [5.74, 6) is 2.57. The number of oxime groups is 1. The van der Waals surface area contributed by atoms with Crippen LogP contribution in [0, 0.1) is 0 Å². The van der Waals surface area contributed by atoms with Gasteiger partial charge in [0.15, 0.2) is 23.0 Å². The van der Waals surface area contributed by atoms with Crippen molar-refractivity contribution < 1.29 is 23.8 Å². The smallest absolute Gasteiger partial charge is 0.161 e. The van der Waals surface area contributed by atoms with E-state index in [9.17, 15) is 0 Å². The van der Waals surface area contributed by atoms with Gasteiger partial charge in [-0.1, -0.05) is 21.1 Å². The summed E-state index contributed by atoms with van der Waals surface area (Å²) in [7, 11) is 6.36. The van der Waals surface area contributed by atoms with E-state index in [2.05, 4.69) is 21.1 Å². The maximum Gasteiger partial charge on any atom is 0.161 e. The molecule has 6 nitrogen and oxygen atoms in total. The third-order valence-electron chi connectivity index (χ3n) is 3.46. The summed E-state index contributed by atoms with van der Waals surface area (Å²) in [6.07, 6.45) is 1.61. The number of benzene rings is 2. The van der Waals surface area contributed by atoms with E-state index in [1.807, 2.05) is 30.3 Å². The normalized spacial score (nSPS) is 10.6. The van der Waals surface area contributed by atoms with Gasteiger partial charge in [-0.2, -0.15) is 0 Å². The molecule has 2 rings (SSSR count). The van der Waals surface area contributed by atoms with Crippen LogP contribution in [-0.2, 0) is 11.4 Å². The van der Waals surface area contributed by atoms with Crippen LogP contribution in [0.25, 0.3) is 0 Å². The van der Waals surface area contributed by atoms with E-state index >= 15 is 0 Å². The fourth-order valence-corrected chi connectivity index (χ4v) is 2.58. The molecule has 0 fully saturated rings. The fourth-order valence-electron chi connectivity index (χ4n) is 2.14. The minimum absolute atomic E-state index is 0.282. The molecule has 134 valence electrons. The molecule has 0 saturated heterocycles. The van der Waals surface area contributed by atoms with Gasteiger partial charge in [-0.15, -0.1) is 0 Å². The predicted octanol–water partition coefficient (Wildman–Crippen LogP) is 4.03. The second-order valence-corrected chi connectivity index (χ2v) is 5.78. The van der Waals surface area contributed by atoms with Crippen molar-refractivity contribution in [2.45, 2.75) is 6.61 Å². The van der Waals surface area contributed by atoms with Crippen LogP contribution in [0.3, 0.4) is 0 Å². The summed E-state index contributed by atoms with van der Waals surface area (Å²) < 4.78 is 21.8. The molecular formula is C18H20BrNO5. The maximum atomic E-state index is 5.38. The summed E-state index contributed by atoms with van der Waals surface area (Å²) in [4.78, 5) is 5.38. The standard InChI is InChI=1S/C18H20BrNO5/c1-21-15-6-5-12(7-16(15)22-2)10-20-25-11-13-8-17(23-3)18(24-4)9-14(13)19/h5-10H,11H2,1-4H3/b20-10+. The Balaban J connectivity index is 2.04. The van der Waals surface area contributed by atoms with Crippen molar-refractivity contribution in [3.05, 3.63) is 45.9 Å². The van der Waals surface area contributed by atoms with E-state index in [0.717, 1.165) is 15.6 Å². The molecule has 0 aliphatic carbocycles. The summed E-state index contributed by atoms with van der Waals surface area (Å²) in [6.45, 7) is 0.282. The predicted molar refractivity (Wildman–Crippen MR) is 99.2 cm³/mol. The van der Waals surface area contributed by atoms with Crippen LogP contribution in [0.4, 0.5) is 0 Å². The monoisotopic (exact) mass is 409 g/mol. The maximum absolute atomic E-state index is 5.38. The molecule has 7 heteroatoms. The Morgan fingerprint density at radius 2 is 1.44 bits per heavy atom. The van der Waals surface area contributed by atoms with E-state index < -0.39 is 0 Å². The average molecular weight is 410 g/mol. The molecule has 0 N–H and O–H groups in total. The van der Waals surface area contributed by atoms with Crippen LogP contribution in [0.1, 0.15) is 11.1 Å². The van der Waals surface area contributed by atoms with Crippen LogP contribution < -0.4 is 18.9 Å². The molecule has 0 aromatic heterocycles. The molecule has 2 aromatic rings. The summed E-state index contributed by atoms with van der Waals surface area (Å²) in [6, 6.07) is 9.16. The van der Waals surface area contributed by atoms with Crippen LogP contribution >= 0.6 is 15.9 Å². The lowest BCUT2D eigenvalue weighted by molar-refractivity contribution is 0.131. The second-order valence-electron chi connectivity index (χ2n) is 4.92. The third kappa shape index (κ3) is 4.79. The minimum Gasteiger partial charge on any atom is -0.493 e. The summed E-state index contributed by atoms with van der Waals surface area (Å²) in [5.41, 5.74) is 1.73. The zero-order valence-electron chi connectivity index (χ0n) is 14.5. The molecule has 0 aliphatic rings. The number of hydrogen-bond acceptors (Lipinski definition) is 6. The highest BCUT2D eigenvalue weighted by atomic mass is 79.9. The minimum atomic E-state index is 0.282. The van der Waals surface area contributed by atoms with Crippen molar-refractivity contribution in [3.63, 3.8) is 0 Å². The molecule has 0 aliphatic heterocycles. The number of halogens is 1. The van der Waals surface area contributed by atoms with Crippen molar-refractivity contribution >= 4 is 22.1 Å². The number of hydrogen-bond donors (Lipinski definition) is 0. The van der Waals surface area contributed by atoms with Crippen LogP contribution in [-0.4, -0.2) is 34.7 Å². The second kappa shape index (κ2) is 9.17. The Morgan fingerprint density at radius 1 is 0.840 bits per heavy atom. The molecule has 0 heterocycles. The van der Waals surface area contributed by atoms with Gasteiger partial charge in [0, 0.05) is 15.6 Å². The molecule has 2 aromatic carbocycles. The topological polar surface area (TPSA) is 58.5 Å². The van der Waals surface area contributed by atoms with Gasteiger partial charge in [-0.3, -0.25) is 0 Å². The zero-order chi connectivity index (χ0) is 18.2. The lowest BCUT2D eigenvalue weighted by Gasteiger charge is -2.11. The first-order valence-electron chi connectivity index (χ1n) is 7.40. The SMILES string of the molecule is COc1ccc(/C=N/OCc2cc(OC)c(OC)cc2Br)cc1OC. The third-order valence-corrected chi connectivity index (χ3v) is 4.19. The number of rotatable bonds is 8. The van der Waals surface area contributed by atoms with Gasteiger partial charge >= 0.3 is 0 Å². The lowest BCUT2D eigenvalue weighted by Crippen LogP contribution is -1.96. The van der Waals surface area contributed by atoms with Gasteiger partial charge < -0.3 is 23.8 Å². The highest BCUT2D eigenvalue weighted by Crippen LogP contribution is 2.33. The van der Waals surface area contributed by atoms with E-state index in [4.69, 9.17) is 23.8 Å². The van der Waals surface area contributed by atoms with Crippen molar-refractivity contribution in [3.8, 4) is 23.0 Å². The molecule has 0 amide bonds. The van der Waals surface area contributed by atoms with Gasteiger partial charge in [-0.25, -0.2) is 0 Å². The molecule has 0 saturated carbocycles. The van der Waals surface area contributed by atoms with Crippen LogP contribution in [0.5, 0.6) is 23.0 Å². The Morgan fingerprint density at radius 3 is 2.08 bits per heavy atom. The molecular weight excluding hydrogens is 390 g/mol. The molecule has 0 bridgehead atoms. The van der Waals surface area contributed by atoms with Crippen LogP contribution in [0.2, 0.25) is 0 Å². The van der Waals surface area contributed by atoms with Gasteiger partial charge in [0.05, 0.1) is 34.7 Å². The molecule has 0 unspecified atom stereocenters. The van der Waals surface area contributed by atoms with Gasteiger partial charge in [-0.05, 0) is 30.3 Å². The quantitative estimate of drug-likeness (QED) is 0.486. The molecule has 0 radical (unpaired) electrons. The summed E-state index contributed by atoms with van der Waals surface area (Å²) >= 11 is 3.49. The van der Waals surface area contributed by atoms with Crippen molar-refractivity contribution in [1.29, 1.82) is 0 Å². The summed E-state index contributed by atoms with van der Waals surface area (Å²) in [5, 5.41) is 3.99. The Kier molecular flexibility index (Phi) is 6.94. The van der Waals surface area contributed by atoms with E-state index in [1.165, 1.54) is 0 Å². The number of methoxy groups -OCH3 is 4. The van der Waals surface area contributed by atoms with E-state index in [-0.39, 0.29) is 6.61 Å². The van der Waals surface area contributed by atoms with Crippen molar-refractivity contribution in [2.75, 3.05) is 28.4 Å². The highest BCUT2D eigenvalue weighted by Gasteiger charge is 2.10. The first-order chi connectivity index (χ1) is 12.1. The van der Waals surface area contributed by atoms with Crippen molar-refractivity contribution in [2.24, 2.45) is 5.16 Å².